The first-order chi connectivity index (χ1) is 10.3. The molecule has 1 aliphatic heterocycles. The zero-order valence-electron chi connectivity index (χ0n) is 13.0. The van der Waals surface area contributed by atoms with Crippen molar-refractivity contribution in [1.82, 2.24) is 9.88 Å². The first-order valence-corrected chi connectivity index (χ1v) is 7.99. The summed E-state index contributed by atoms with van der Waals surface area (Å²) >= 11 is 0. The average Bonchev–Trinajstić information content (AvgIpc) is 2.54. The van der Waals surface area contributed by atoms with Crippen molar-refractivity contribution in [2.45, 2.75) is 51.0 Å². The van der Waals surface area contributed by atoms with E-state index in [9.17, 15) is 4.79 Å². The first-order valence-electron chi connectivity index (χ1n) is 7.99. The minimum absolute atomic E-state index is 0.280. The number of pyridine rings is 1. The van der Waals surface area contributed by atoms with Gasteiger partial charge >= 0.3 is 0 Å². The number of methoxy groups -OCH3 is 1. The second kappa shape index (κ2) is 8.78. The van der Waals surface area contributed by atoms with E-state index in [2.05, 4.69) is 9.88 Å². The molecular formula is C17H26N2O2. The Kier molecular flexibility index (Phi) is 6.67. The van der Waals surface area contributed by atoms with E-state index in [0.29, 0.717) is 12.5 Å². The molecule has 21 heavy (non-hydrogen) atoms. The summed E-state index contributed by atoms with van der Waals surface area (Å²) in [7, 11) is 1.73. The Balaban J connectivity index is 1.83. The number of hydrogen-bond donors (Lipinski definition) is 0. The third-order valence-corrected chi connectivity index (χ3v) is 4.15. The second-order valence-corrected chi connectivity index (χ2v) is 5.69. The van der Waals surface area contributed by atoms with Crippen molar-refractivity contribution in [3.63, 3.8) is 0 Å². The highest BCUT2D eigenvalue weighted by molar-refractivity contribution is 5.76. The van der Waals surface area contributed by atoms with Crippen LogP contribution in [-0.4, -0.2) is 42.1 Å². The third-order valence-electron chi connectivity index (χ3n) is 4.15. The molecule has 1 aromatic heterocycles. The molecule has 1 fully saturated rings. The lowest BCUT2D eigenvalue weighted by Crippen LogP contribution is -2.43. The highest BCUT2D eigenvalue weighted by Crippen LogP contribution is 2.22. The molecular weight excluding hydrogens is 264 g/mol. The molecule has 1 atom stereocenters. The molecule has 0 spiro atoms. The van der Waals surface area contributed by atoms with Crippen molar-refractivity contribution in [1.29, 1.82) is 0 Å². The van der Waals surface area contributed by atoms with Crippen molar-refractivity contribution in [3.05, 3.63) is 30.1 Å². The van der Waals surface area contributed by atoms with Crippen LogP contribution in [0.25, 0.3) is 0 Å². The fourth-order valence-electron chi connectivity index (χ4n) is 3.02. The summed E-state index contributed by atoms with van der Waals surface area (Å²) in [4.78, 5) is 18.9. The molecule has 0 N–H and O–H groups in total. The molecule has 1 amide bonds. The quantitative estimate of drug-likeness (QED) is 0.725. The Labute approximate surface area is 127 Å². The summed E-state index contributed by atoms with van der Waals surface area (Å²) < 4.78 is 5.12. The van der Waals surface area contributed by atoms with Gasteiger partial charge in [-0.05, 0) is 50.7 Å². The Bertz CT molecular complexity index is 422. The number of nitrogens with zero attached hydrogens (tertiary/aromatic N) is 2. The van der Waals surface area contributed by atoms with Gasteiger partial charge in [0.05, 0.1) is 0 Å². The molecule has 2 heterocycles. The van der Waals surface area contributed by atoms with Gasteiger partial charge in [0.15, 0.2) is 0 Å². The van der Waals surface area contributed by atoms with Crippen LogP contribution < -0.4 is 0 Å². The summed E-state index contributed by atoms with van der Waals surface area (Å²) in [5.41, 5.74) is 0.999. The maximum absolute atomic E-state index is 12.5. The smallest absolute Gasteiger partial charge is 0.223 e. The highest BCUT2D eigenvalue weighted by Gasteiger charge is 2.25. The Morgan fingerprint density at radius 1 is 1.43 bits per heavy atom. The Hall–Kier alpha value is -1.42. The van der Waals surface area contributed by atoms with Crippen LogP contribution in [-0.2, 0) is 16.0 Å². The van der Waals surface area contributed by atoms with Gasteiger partial charge in [-0.3, -0.25) is 9.78 Å². The van der Waals surface area contributed by atoms with Gasteiger partial charge in [-0.2, -0.15) is 0 Å². The number of carbonyl (C=O) groups is 1. The minimum Gasteiger partial charge on any atom is -0.385 e. The van der Waals surface area contributed by atoms with E-state index in [1.807, 2.05) is 18.2 Å². The Morgan fingerprint density at radius 3 is 3.10 bits per heavy atom. The van der Waals surface area contributed by atoms with E-state index in [4.69, 9.17) is 4.74 Å². The minimum atomic E-state index is 0.280. The van der Waals surface area contributed by atoms with Crippen LogP contribution in [0, 0.1) is 0 Å². The molecule has 0 aliphatic carbocycles. The van der Waals surface area contributed by atoms with Crippen LogP contribution in [0.15, 0.2) is 24.4 Å². The number of hydrogen-bond acceptors (Lipinski definition) is 3. The number of piperidine rings is 1. The fourth-order valence-corrected chi connectivity index (χ4v) is 3.02. The Morgan fingerprint density at radius 2 is 2.33 bits per heavy atom. The van der Waals surface area contributed by atoms with E-state index in [1.54, 1.807) is 13.3 Å². The lowest BCUT2D eigenvalue weighted by molar-refractivity contribution is -0.135. The molecule has 0 bridgehead atoms. The first kappa shape index (κ1) is 16.0. The number of aromatic nitrogens is 1. The molecule has 1 aliphatic rings. The molecule has 4 nitrogen and oxygen atoms in total. The van der Waals surface area contributed by atoms with E-state index in [1.165, 1.54) is 6.42 Å². The normalized spacial score (nSPS) is 18.7. The van der Waals surface area contributed by atoms with Gasteiger partial charge in [0.1, 0.15) is 0 Å². The molecule has 116 valence electrons. The molecule has 0 aromatic carbocycles. The highest BCUT2D eigenvalue weighted by atomic mass is 16.5. The summed E-state index contributed by atoms with van der Waals surface area (Å²) in [5.74, 6) is 0.280. The van der Waals surface area contributed by atoms with Gasteiger partial charge < -0.3 is 9.64 Å². The zero-order chi connectivity index (χ0) is 14.9. The van der Waals surface area contributed by atoms with Crippen molar-refractivity contribution in [2.24, 2.45) is 0 Å². The molecule has 1 unspecified atom stereocenters. The van der Waals surface area contributed by atoms with Crippen LogP contribution in [0.1, 0.15) is 44.2 Å². The molecule has 4 heteroatoms. The second-order valence-electron chi connectivity index (χ2n) is 5.69. The molecule has 1 aromatic rings. The van der Waals surface area contributed by atoms with Crippen molar-refractivity contribution in [3.8, 4) is 0 Å². The predicted molar refractivity (Wildman–Crippen MR) is 83.0 cm³/mol. The lowest BCUT2D eigenvalue weighted by Gasteiger charge is -2.36. The van der Waals surface area contributed by atoms with Crippen molar-refractivity contribution < 1.29 is 9.53 Å². The maximum atomic E-state index is 12.5. The average molecular weight is 290 g/mol. The summed E-state index contributed by atoms with van der Waals surface area (Å²) in [6, 6.07) is 6.27. The summed E-state index contributed by atoms with van der Waals surface area (Å²) in [6.45, 7) is 1.70. The van der Waals surface area contributed by atoms with Gasteiger partial charge in [-0.15, -0.1) is 0 Å². The van der Waals surface area contributed by atoms with Gasteiger partial charge in [-0.1, -0.05) is 6.07 Å². The number of rotatable bonds is 7. The molecule has 1 saturated heterocycles. The van der Waals surface area contributed by atoms with Crippen LogP contribution in [0.3, 0.4) is 0 Å². The van der Waals surface area contributed by atoms with Crippen LogP contribution in [0.2, 0.25) is 0 Å². The maximum Gasteiger partial charge on any atom is 0.223 e. The van der Waals surface area contributed by atoms with Gasteiger partial charge in [0, 0.05) is 44.6 Å². The van der Waals surface area contributed by atoms with E-state index in [0.717, 1.165) is 50.9 Å². The number of likely N-dealkylation sites (tertiary alicyclic amines) is 1. The monoisotopic (exact) mass is 290 g/mol. The zero-order valence-corrected chi connectivity index (χ0v) is 13.0. The lowest BCUT2D eigenvalue weighted by atomic mass is 9.97. The standard InChI is InChI=1S/C17H26N2O2/c1-21-14-6-9-16-8-3-5-13-19(16)17(20)11-10-15-7-2-4-12-18-15/h2,4,7,12,16H,3,5-6,8-11,13-14H2,1H3. The van der Waals surface area contributed by atoms with Crippen LogP contribution >= 0.6 is 0 Å². The van der Waals surface area contributed by atoms with Crippen LogP contribution in [0.4, 0.5) is 0 Å². The SMILES string of the molecule is COCCCC1CCCCN1C(=O)CCc1ccccn1. The van der Waals surface area contributed by atoms with Crippen LogP contribution in [0.5, 0.6) is 0 Å². The van der Waals surface area contributed by atoms with Crippen molar-refractivity contribution >= 4 is 5.91 Å². The van der Waals surface area contributed by atoms with E-state index in [-0.39, 0.29) is 5.91 Å². The predicted octanol–water partition coefficient (Wildman–Crippen LogP) is 2.82. The number of amides is 1. The van der Waals surface area contributed by atoms with Gasteiger partial charge in [0.25, 0.3) is 0 Å². The summed E-state index contributed by atoms with van der Waals surface area (Å²) in [6.07, 6.45) is 8.69. The van der Waals surface area contributed by atoms with E-state index < -0.39 is 0 Å². The van der Waals surface area contributed by atoms with Gasteiger partial charge in [0.2, 0.25) is 5.91 Å². The third kappa shape index (κ3) is 5.12. The molecule has 2 rings (SSSR count). The molecule has 0 radical (unpaired) electrons. The van der Waals surface area contributed by atoms with Crippen molar-refractivity contribution in [2.75, 3.05) is 20.3 Å². The fraction of sp³-hybridized carbons (Fsp3) is 0.647. The van der Waals surface area contributed by atoms with Gasteiger partial charge in [-0.25, -0.2) is 0 Å². The topological polar surface area (TPSA) is 42.4 Å². The number of ether oxygens (including phenoxy) is 1. The number of carbonyl (C=O) groups excluding carboxylic acids is 1. The van der Waals surface area contributed by atoms with E-state index >= 15 is 0 Å². The molecule has 0 saturated carbocycles. The largest absolute Gasteiger partial charge is 0.385 e. The number of aryl methyl sites for hydroxylation is 1. The summed E-state index contributed by atoms with van der Waals surface area (Å²) in [5, 5.41) is 0.